The first-order valence-corrected chi connectivity index (χ1v) is 6.45. The average molecular weight is 298 g/mol. The molecule has 7 nitrogen and oxygen atoms in total. The summed E-state index contributed by atoms with van der Waals surface area (Å²) >= 11 is 6.02. The highest BCUT2D eigenvalue weighted by atomic mass is 35.5. The minimum atomic E-state index is 0.520. The molecule has 0 radical (unpaired) electrons. The van der Waals surface area contributed by atoms with Gasteiger partial charge in [0.15, 0.2) is 5.82 Å². The molecule has 20 heavy (non-hydrogen) atoms. The second kappa shape index (κ2) is 7.18. The third kappa shape index (κ3) is 3.44. The number of halogens is 1. The van der Waals surface area contributed by atoms with Gasteiger partial charge >= 0.3 is 0 Å². The summed E-state index contributed by atoms with van der Waals surface area (Å²) in [5, 5.41) is 15.5. The highest BCUT2D eigenvalue weighted by Crippen LogP contribution is 2.26. The summed E-state index contributed by atoms with van der Waals surface area (Å²) in [4.78, 5) is 0. The fourth-order valence-corrected chi connectivity index (χ4v) is 1.87. The van der Waals surface area contributed by atoms with Gasteiger partial charge in [0.1, 0.15) is 11.4 Å². The standard InChI is InChI=1S/C12H16ClN5O2/c1-19-6-5-14-8-12-15-16-17-18(12)10-7-9(13)3-4-11(10)20-2/h3-4,7,14H,5-6,8H2,1-2H3. The lowest BCUT2D eigenvalue weighted by molar-refractivity contribution is 0.199. The van der Waals surface area contributed by atoms with E-state index >= 15 is 0 Å². The van der Waals surface area contributed by atoms with Crippen LogP contribution in [0.5, 0.6) is 5.75 Å². The summed E-state index contributed by atoms with van der Waals surface area (Å²) in [6.07, 6.45) is 0. The molecule has 108 valence electrons. The second-order valence-corrected chi connectivity index (χ2v) is 4.43. The molecular weight excluding hydrogens is 282 g/mol. The molecule has 0 amide bonds. The van der Waals surface area contributed by atoms with Crippen LogP contribution in [-0.4, -0.2) is 47.6 Å². The minimum Gasteiger partial charge on any atom is -0.494 e. The molecule has 2 rings (SSSR count). The maximum Gasteiger partial charge on any atom is 0.170 e. The fraction of sp³-hybridized carbons (Fsp3) is 0.417. The van der Waals surface area contributed by atoms with E-state index in [9.17, 15) is 0 Å². The summed E-state index contributed by atoms with van der Waals surface area (Å²) in [5.74, 6) is 1.32. The van der Waals surface area contributed by atoms with E-state index < -0.39 is 0 Å². The van der Waals surface area contributed by atoms with Crippen LogP contribution in [0.2, 0.25) is 5.02 Å². The van der Waals surface area contributed by atoms with Gasteiger partial charge in [-0.15, -0.1) is 5.10 Å². The maximum absolute atomic E-state index is 6.02. The van der Waals surface area contributed by atoms with Crippen LogP contribution >= 0.6 is 11.6 Å². The third-order valence-electron chi connectivity index (χ3n) is 2.67. The van der Waals surface area contributed by atoms with Gasteiger partial charge in [-0.25, -0.2) is 0 Å². The zero-order chi connectivity index (χ0) is 14.4. The monoisotopic (exact) mass is 297 g/mol. The Morgan fingerprint density at radius 1 is 1.35 bits per heavy atom. The lowest BCUT2D eigenvalue weighted by Gasteiger charge is -2.10. The van der Waals surface area contributed by atoms with E-state index in [0.717, 1.165) is 6.54 Å². The van der Waals surface area contributed by atoms with E-state index in [1.807, 2.05) is 0 Å². The molecule has 0 spiro atoms. The number of ether oxygens (including phenoxy) is 2. The van der Waals surface area contributed by atoms with Gasteiger partial charge in [0.05, 0.1) is 20.3 Å². The Balaban J connectivity index is 2.21. The van der Waals surface area contributed by atoms with Crippen LogP contribution in [0.1, 0.15) is 5.82 Å². The molecule has 0 unspecified atom stereocenters. The molecule has 8 heteroatoms. The Morgan fingerprint density at radius 3 is 2.95 bits per heavy atom. The van der Waals surface area contributed by atoms with Crippen LogP contribution in [0.4, 0.5) is 0 Å². The van der Waals surface area contributed by atoms with E-state index in [4.69, 9.17) is 21.1 Å². The van der Waals surface area contributed by atoms with Crippen molar-refractivity contribution in [2.75, 3.05) is 27.4 Å². The van der Waals surface area contributed by atoms with Crippen LogP contribution in [-0.2, 0) is 11.3 Å². The number of benzene rings is 1. The van der Waals surface area contributed by atoms with E-state index in [2.05, 4.69) is 20.8 Å². The van der Waals surface area contributed by atoms with Gasteiger partial charge < -0.3 is 14.8 Å². The van der Waals surface area contributed by atoms with Gasteiger partial charge in [-0.05, 0) is 28.6 Å². The van der Waals surface area contributed by atoms with Crippen LogP contribution in [0.25, 0.3) is 5.69 Å². The van der Waals surface area contributed by atoms with E-state index in [0.29, 0.717) is 35.4 Å². The predicted molar refractivity (Wildman–Crippen MR) is 74.3 cm³/mol. The van der Waals surface area contributed by atoms with Crippen molar-refractivity contribution < 1.29 is 9.47 Å². The number of rotatable bonds is 7. The molecule has 0 saturated carbocycles. The highest BCUT2D eigenvalue weighted by Gasteiger charge is 2.13. The molecule has 1 aromatic heterocycles. The Bertz CT molecular complexity index is 561. The Hall–Kier alpha value is -1.70. The maximum atomic E-state index is 6.02. The second-order valence-electron chi connectivity index (χ2n) is 3.99. The molecule has 0 atom stereocenters. The van der Waals surface area contributed by atoms with Crippen LogP contribution in [0, 0.1) is 0 Å². The first-order chi connectivity index (χ1) is 9.76. The number of tetrazole rings is 1. The van der Waals surface area contributed by atoms with Crippen molar-refractivity contribution >= 4 is 11.6 Å². The highest BCUT2D eigenvalue weighted by molar-refractivity contribution is 6.30. The zero-order valence-corrected chi connectivity index (χ0v) is 12.1. The molecule has 1 N–H and O–H groups in total. The van der Waals surface area contributed by atoms with Gasteiger partial charge in [-0.1, -0.05) is 11.6 Å². The number of nitrogens with zero attached hydrogens (tertiary/aromatic N) is 4. The predicted octanol–water partition coefficient (Wildman–Crippen LogP) is 1.06. The lowest BCUT2D eigenvalue weighted by atomic mass is 10.3. The zero-order valence-electron chi connectivity index (χ0n) is 11.3. The van der Waals surface area contributed by atoms with Gasteiger partial charge in [0.25, 0.3) is 0 Å². The number of nitrogens with one attached hydrogen (secondary N) is 1. The molecule has 0 fully saturated rings. The van der Waals surface area contributed by atoms with Crippen molar-refractivity contribution in [3.8, 4) is 11.4 Å². The smallest absolute Gasteiger partial charge is 0.170 e. The molecular formula is C12H16ClN5O2. The van der Waals surface area contributed by atoms with E-state index in [1.54, 1.807) is 37.1 Å². The molecule has 1 aromatic carbocycles. The summed E-state index contributed by atoms with van der Waals surface area (Å²) < 4.78 is 11.9. The summed E-state index contributed by atoms with van der Waals surface area (Å²) in [7, 11) is 3.25. The molecule has 0 aliphatic rings. The molecule has 0 saturated heterocycles. The van der Waals surface area contributed by atoms with Crippen molar-refractivity contribution in [2.45, 2.75) is 6.54 Å². The van der Waals surface area contributed by atoms with Gasteiger partial charge in [-0.2, -0.15) is 4.68 Å². The van der Waals surface area contributed by atoms with E-state index in [-0.39, 0.29) is 0 Å². The van der Waals surface area contributed by atoms with Crippen LogP contribution < -0.4 is 10.1 Å². The van der Waals surface area contributed by atoms with Crippen molar-refractivity contribution in [3.05, 3.63) is 29.0 Å². The molecule has 1 heterocycles. The van der Waals surface area contributed by atoms with E-state index in [1.165, 1.54) is 0 Å². The van der Waals surface area contributed by atoms with Crippen LogP contribution in [0.15, 0.2) is 18.2 Å². The van der Waals surface area contributed by atoms with Crippen molar-refractivity contribution in [3.63, 3.8) is 0 Å². The van der Waals surface area contributed by atoms with Crippen molar-refractivity contribution in [1.82, 2.24) is 25.5 Å². The van der Waals surface area contributed by atoms with Crippen LogP contribution in [0.3, 0.4) is 0 Å². The topological polar surface area (TPSA) is 74.1 Å². The molecule has 0 aliphatic carbocycles. The van der Waals surface area contributed by atoms with Gasteiger partial charge in [0, 0.05) is 18.7 Å². The number of hydrogen-bond acceptors (Lipinski definition) is 6. The third-order valence-corrected chi connectivity index (χ3v) is 2.90. The first kappa shape index (κ1) is 14.7. The number of methoxy groups -OCH3 is 2. The molecule has 2 aromatic rings. The van der Waals surface area contributed by atoms with Crippen molar-refractivity contribution in [2.24, 2.45) is 0 Å². The Labute approximate surface area is 121 Å². The van der Waals surface area contributed by atoms with Gasteiger partial charge in [0.2, 0.25) is 0 Å². The quantitative estimate of drug-likeness (QED) is 0.770. The van der Waals surface area contributed by atoms with Gasteiger partial charge in [-0.3, -0.25) is 0 Å². The minimum absolute atomic E-state index is 0.520. The largest absolute Gasteiger partial charge is 0.494 e. The summed E-state index contributed by atoms with van der Waals surface area (Å²) in [6, 6.07) is 5.29. The SMILES string of the molecule is COCCNCc1nnnn1-c1cc(Cl)ccc1OC. The fourth-order valence-electron chi connectivity index (χ4n) is 1.71. The first-order valence-electron chi connectivity index (χ1n) is 6.07. The average Bonchev–Trinajstić information content (AvgIpc) is 2.92. The number of aromatic nitrogens is 4. The molecule has 0 bridgehead atoms. The number of hydrogen-bond donors (Lipinski definition) is 1. The Kier molecular flexibility index (Phi) is 5.28. The Morgan fingerprint density at radius 2 is 2.20 bits per heavy atom. The summed E-state index contributed by atoms with van der Waals surface area (Å²) in [6.45, 7) is 1.87. The summed E-state index contributed by atoms with van der Waals surface area (Å²) in [5.41, 5.74) is 0.702. The normalized spacial score (nSPS) is 10.8. The molecule has 0 aliphatic heterocycles. The van der Waals surface area contributed by atoms with Crippen molar-refractivity contribution in [1.29, 1.82) is 0 Å². The lowest BCUT2D eigenvalue weighted by Crippen LogP contribution is -2.21.